The lowest BCUT2D eigenvalue weighted by atomic mass is 10.1. The van der Waals surface area contributed by atoms with Crippen LogP contribution in [0.25, 0.3) is 17.1 Å². The molecule has 9 heteroatoms. The van der Waals surface area contributed by atoms with E-state index in [1.807, 2.05) is 21.6 Å². The summed E-state index contributed by atoms with van der Waals surface area (Å²) in [5.74, 6) is 0.585. The van der Waals surface area contributed by atoms with Gasteiger partial charge in [-0.05, 0) is 33.0 Å². The van der Waals surface area contributed by atoms with E-state index >= 15 is 0 Å². The standard InChI is InChI=1S/C20H26N6O.CH2O2/c1-15(24(2)3)16-6-8-17(9-7-16)20-22-10-12-26(20)18-13-23-25(14-18)11-4-5-19(21)27;2-1-3/h6-10,12-15H,4-5,11H2,1-3H3,(H2,21,27);1H,(H,2,3). The molecule has 0 fully saturated rings. The van der Waals surface area contributed by atoms with Crippen LogP contribution in [0.15, 0.2) is 49.1 Å². The van der Waals surface area contributed by atoms with Crippen LogP contribution in [0.5, 0.6) is 0 Å². The van der Waals surface area contributed by atoms with Crippen molar-refractivity contribution in [2.24, 2.45) is 5.73 Å². The van der Waals surface area contributed by atoms with Crippen molar-refractivity contribution < 1.29 is 14.7 Å². The average molecular weight is 412 g/mol. The van der Waals surface area contributed by atoms with Crippen LogP contribution in [0.2, 0.25) is 0 Å². The Labute approximate surface area is 175 Å². The number of hydrogen-bond acceptors (Lipinski definition) is 5. The van der Waals surface area contributed by atoms with Gasteiger partial charge in [-0.2, -0.15) is 5.10 Å². The van der Waals surface area contributed by atoms with Gasteiger partial charge in [-0.15, -0.1) is 0 Å². The van der Waals surface area contributed by atoms with Gasteiger partial charge in [-0.3, -0.25) is 18.8 Å². The van der Waals surface area contributed by atoms with Gasteiger partial charge in [0.05, 0.1) is 11.9 Å². The number of nitrogens with zero attached hydrogens (tertiary/aromatic N) is 5. The van der Waals surface area contributed by atoms with Gasteiger partial charge < -0.3 is 15.7 Å². The van der Waals surface area contributed by atoms with Crippen LogP contribution in [-0.4, -0.2) is 55.8 Å². The number of imidazole rings is 1. The number of rotatable bonds is 8. The van der Waals surface area contributed by atoms with Crippen molar-refractivity contribution in [1.82, 2.24) is 24.2 Å². The van der Waals surface area contributed by atoms with E-state index in [1.54, 1.807) is 12.4 Å². The molecule has 1 unspecified atom stereocenters. The second-order valence-electron chi connectivity index (χ2n) is 7.02. The maximum Gasteiger partial charge on any atom is 0.290 e. The average Bonchev–Trinajstić information content (AvgIpc) is 3.37. The third kappa shape index (κ3) is 6.02. The minimum atomic E-state index is -0.286. The summed E-state index contributed by atoms with van der Waals surface area (Å²) in [6.07, 6.45) is 8.52. The zero-order valence-electron chi connectivity index (χ0n) is 17.5. The van der Waals surface area contributed by atoms with Crippen LogP contribution in [0, 0.1) is 0 Å². The van der Waals surface area contributed by atoms with Crippen LogP contribution < -0.4 is 5.73 Å². The van der Waals surface area contributed by atoms with E-state index < -0.39 is 0 Å². The molecule has 9 nitrogen and oxygen atoms in total. The maximum absolute atomic E-state index is 10.9. The van der Waals surface area contributed by atoms with Crippen LogP contribution in [0.4, 0.5) is 0 Å². The molecule has 0 aliphatic carbocycles. The predicted molar refractivity (Wildman–Crippen MR) is 114 cm³/mol. The molecular weight excluding hydrogens is 384 g/mol. The highest BCUT2D eigenvalue weighted by molar-refractivity contribution is 5.73. The smallest absolute Gasteiger partial charge is 0.290 e. The summed E-state index contributed by atoms with van der Waals surface area (Å²) < 4.78 is 3.84. The van der Waals surface area contributed by atoms with Gasteiger partial charge in [0.2, 0.25) is 5.91 Å². The predicted octanol–water partition coefficient (Wildman–Crippen LogP) is 2.32. The highest BCUT2D eigenvalue weighted by atomic mass is 16.3. The first-order valence-corrected chi connectivity index (χ1v) is 9.56. The van der Waals surface area contributed by atoms with Crippen LogP contribution in [0.1, 0.15) is 31.4 Å². The summed E-state index contributed by atoms with van der Waals surface area (Å²) in [5.41, 5.74) is 8.44. The molecule has 0 aliphatic heterocycles. The topological polar surface area (TPSA) is 119 Å². The molecule has 30 heavy (non-hydrogen) atoms. The molecule has 0 saturated heterocycles. The number of benzene rings is 1. The van der Waals surface area contributed by atoms with Crippen molar-refractivity contribution in [3.63, 3.8) is 0 Å². The third-order valence-electron chi connectivity index (χ3n) is 4.77. The molecule has 3 aromatic rings. The number of carbonyl (C=O) groups is 2. The summed E-state index contributed by atoms with van der Waals surface area (Å²) in [5, 5.41) is 11.3. The zero-order valence-corrected chi connectivity index (χ0v) is 17.5. The number of amides is 1. The van der Waals surface area contributed by atoms with Gasteiger partial charge >= 0.3 is 0 Å². The SMILES string of the molecule is CC(c1ccc(-c2nccn2-c2cnn(CCCC(N)=O)c2)cc1)N(C)C.O=CO. The highest BCUT2D eigenvalue weighted by Crippen LogP contribution is 2.24. The molecule has 1 aromatic carbocycles. The summed E-state index contributed by atoms with van der Waals surface area (Å²) >= 11 is 0. The number of carboxylic acid groups (broad SMARTS) is 1. The molecule has 2 heterocycles. The molecule has 3 rings (SSSR count). The van der Waals surface area contributed by atoms with Gasteiger partial charge in [-0.1, -0.05) is 24.3 Å². The highest BCUT2D eigenvalue weighted by Gasteiger charge is 2.12. The molecule has 0 aliphatic rings. The second kappa shape index (κ2) is 10.9. The number of hydrogen-bond donors (Lipinski definition) is 2. The van der Waals surface area contributed by atoms with Gasteiger partial charge in [0.15, 0.2) is 0 Å². The summed E-state index contributed by atoms with van der Waals surface area (Å²) in [6.45, 7) is 2.59. The van der Waals surface area contributed by atoms with Gasteiger partial charge in [0.1, 0.15) is 5.82 Å². The van der Waals surface area contributed by atoms with Crippen molar-refractivity contribution in [3.05, 3.63) is 54.6 Å². The van der Waals surface area contributed by atoms with Crippen molar-refractivity contribution >= 4 is 12.4 Å². The number of carbonyl (C=O) groups excluding carboxylic acids is 1. The Kier molecular flexibility index (Phi) is 8.30. The normalized spacial score (nSPS) is 11.6. The van der Waals surface area contributed by atoms with Gasteiger partial charge in [-0.25, -0.2) is 4.98 Å². The number of nitrogens with two attached hydrogens (primary N) is 1. The summed E-state index contributed by atoms with van der Waals surface area (Å²) in [6, 6.07) is 8.85. The molecule has 1 amide bonds. The minimum absolute atomic E-state index is 0.250. The molecule has 3 N–H and O–H groups in total. The first-order valence-electron chi connectivity index (χ1n) is 9.56. The Morgan fingerprint density at radius 1 is 1.30 bits per heavy atom. The zero-order chi connectivity index (χ0) is 22.1. The largest absolute Gasteiger partial charge is 0.483 e. The Hall–Kier alpha value is -3.46. The fraction of sp³-hybridized carbons (Fsp3) is 0.333. The Bertz CT molecular complexity index is 946. The van der Waals surface area contributed by atoms with E-state index in [2.05, 4.69) is 60.3 Å². The van der Waals surface area contributed by atoms with Crippen LogP contribution in [0.3, 0.4) is 0 Å². The van der Waals surface area contributed by atoms with Crippen molar-refractivity contribution in [2.45, 2.75) is 32.4 Å². The molecule has 1 atom stereocenters. The van der Waals surface area contributed by atoms with Crippen molar-refractivity contribution in [2.75, 3.05) is 14.1 Å². The Balaban J connectivity index is 0.00000101. The fourth-order valence-electron chi connectivity index (χ4n) is 2.95. The van der Waals surface area contributed by atoms with E-state index in [-0.39, 0.29) is 12.4 Å². The number of aromatic nitrogens is 4. The first kappa shape index (κ1) is 22.8. The lowest BCUT2D eigenvalue weighted by Crippen LogP contribution is -2.16. The minimum Gasteiger partial charge on any atom is -0.483 e. The van der Waals surface area contributed by atoms with E-state index in [0.717, 1.165) is 17.1 Å². The maximum atomic E-state index is 10.9. The van der Waals surface area contributed by atoms with Gasteiger partial charge in [0.25, 0.3) is 6.47 Å². The Morgan fingerprint density at radius 2 is 1.97 bits per heavy atom. The fourth-order valence-corrected chi connectivity index (χ4v) is 2.95. The molecule has 160 valence electrons. The summed E-state index contributed by atoms with van der Waals surface area (Å²) in [7, 11) is 4.15. The number of primary amides is 1. The number of aryl methyl sites for hydroxylation is 1. The quantitative estimate of drug-likeness (QED) is 0.548. The molecule has 0 saturated carbocycles. The van der Waals surface area contributed by atoms with Gasteiger partial charge in [0, 0.05) is 43.2 Å². The van der Waals surface area contributed by atoms with Crippen molar-refractivity contribution in [1.29, 1.82) is 0 Å². The van der Waals surface area contributed by atoms with E-state index in [4.69, 9.17) is 15.6 Å². The Morgan fingerprint density at radius 3 is 2.57 bits per heavy atom. The third-order valence-corrected chi connectivity index (χ3v) is 4.77. The van der Waals surface area contributed by atoms with E-state index in [9.17, 15) is 4.79 Å². The lowest BCUT2D eigenvalue weighted by Gasteiger charge is -2.20. The van der Waals surface area contributed by atoms with Crippen LogP contribution in [-0.2, 0) is 16.1 Å². The van der Waals surface area contributed by atoms with E-state index in [1.165, 1.54) is 5.56 Å². The van der Waals surface area contributed by atoms with Crippen LogP contribution >= 0.6 is 0 Å². The first-order chi connectivity index (χ1) is 14.4. The molecule has 0 spiro atoms. The lowest BCUT2D eigenvalue weighted by molar-refractivity contribution is -0.123. The summed E-state index contributed by atoms with van der Waals surface area (Å²) in [4.78, 5) is 25.9. The van der Waals surface area contributed by atoms with Crippen molar-refractivity contribution in [3.8, 4) is 17.1 Å². The van der Waals surface area contributed by atoms with E-state index in [0.29, 0.717) is 25.4 Å². The molecular formula is C21H28N6O3. The molecule has 0 radical (unpaired) electrons. The monoisotopic (exact) mass is 412 g/mol. The second-order valence-corrected chi connectivity index (χ2v) is 7.02. The molecule has 0 bridgehead atoms. The molecule has 2 aromatic heterocycles.